The Morgan fingerprint density at radius 1 is 0.966 bits per heavy atom. The summed E-state index contributed by atoms with van der Waals surface area (Å²) in [6, 6.07) is 13.1. The minimum atomic E-state index is -0.0160. The lowest BCUT2D eigenvalue weighted by atomic mass is 10.2. The number of hydrogen-bond acceptors (Lipinski definition) is 6. The van der Waals surface area contributed by atoms with Crippen molar-refractivity contribution in [2.24, 2.45) is 0 Å². The molecule has 0 bridgehead atoms. The molecule has 0 unspecified atom stereocenters. The van der Waals surface area contributed by atoms with Gasteiger partial charge in [0.15, 0.2) is 11.5 Å². The van der Waals surface area contributed by atoms with Gasteiger partial charge in [-0.3, -0.25) is 4.79 Å². The van der Waals surface area contributed by atoms with Gasteiger partial charge in [-0.15, -0.1) is 0 Å². The maximum absolute atomic E-state index is 12.1. The standard InChI is InChI=1S/C22H27NO5S/c1-2-10-25-18-4-6-19(7-5-18)26-13-15-29-14-9-22(24)23-17-3-8-20-21(16-17)28-12-11-27-20/h3-8,16H,2,9-15H2,1H3,(H,23,24). The van der Waals surface area contributed by atoms with Crippen LogP contribution in [0, 0.1) is 0 Å². The number of fused-ring (bicyclic) bond motifs is 1. The van der Waals surface area contributed by atoms with Crippen molar-refractivity contribution in [2.45, 2.75) is 19.8 Å². The lowest BCUT2D eigenvalue weighted by Crippen LogP contribution is -2.16. The summed E-state index contributed by atoms with van der Waals surface area (Å²) < 4.78 is 22.3. The van der Waals surface area contributed by atoms with Crippen LogP contribution in [0.4, 0.5) is 5.69 Å². The number of hydrogen-bond donors (Lipinski definition) is 1. The third-order valence-corrected chi connectivity index (χ3v) is 5.04. The van der Waals surface area contributed by atoms with Gasteiger partial charge in [-0.05, 0) is 42.8 Å². The molecule has 156 valence electrons. The number of carbonyl (C=O) groups is 1. The van der Waals surface area contributed by atoms with Gasteiger partial charge in [-0.25, -0.2) is 0 Å². The third kappa shape index (κ3) is 7.09. The van der Waals surface area contributed by atoms with Crippen LogP contribution in [-0.2, 0) is 4.79 Å². The quantitative estimate of drug-likeness (QED) is 0.547. The summed E-state index contributed by atoms with van der Waals surface area (Å²) in [5.74, 6) is 4.62. The Morgan fingerprint density at radius 2 is 1.66 bits per heavy atom. The van der Waals surface area contributed by atoms with Crippen LogP contribution in [0.1, 0.15) is 19.8 Å². The first kappa shape index (κ1) is 21.2. The molecule has 0 aliphatic carbocycles. The summed E-state index contributed by atoms with van der Waals surface area (Å²) in [6.45, 7) is 4.48. The third-order valence-electron chi connectivity index (χ3n) is 4.09. The first-order chi connectivity index (χ1) is 14.2. The smallest absolute Gasteiger partial charge is 0.225 e. The van der Waals surface area contributed by atoms with Crippen molar-refractivity contribution in [3.63, 3.8) is 0 Å². The fourth-order valence-electron chi connectivity index (χ4n) is 2.68. The summed E-state index contributed by atoms with van der Waals surface area (Å²) in [4.78, 5) is 12.1. The molecule has 1 N–H and O–H groups in total. The zero-order chi connectivity index (χ0) is 20.3. The van der Waals surface area contributed by atoms with Gasteiger partial charge in [-0.2, -0.15) is 11.8 Å². The van der Waals surface area contributed by atoms with E-state index < -0.39 is 0 Å². The molecular formula is C22H27NO5S. The van der Waals surface area contributed by atoms with Gasteiger partial charge >= 0.3 is 0 Å². The summed E-state index contributed by atoms with van der Waals surface area (Å²) in [7, 11) is 0. The number of benzene rings is 2. The van der Waals surface area contributed by atoms with E-state index in [0.29, 0.717) is 37.7 Å². The van der Waals surface area contributed by atoms with Crippen molar-refractivity contribution in [3.05, 3.63) is 42.5 Å². The highest BCUT2D eigenvalue weighted by molar-refractivity contribution is 7.99. The maximum Gasteiger partial charge on any atom is 0.225 e. The number of rotatable bonds is 11. The van der Waals surface area contributed by atoms with E-state index in [0.717, 1.165) is 41.7 Å². The predicted molar refractivity (Wildman–Crippen MR) is 116 cm³/mol. The maximum atomic E-state index is 12.1. The SMILES string of the molecule is CCCOc1ccc(OCCSCCC(=O)Nc2ccc3c(c2)OCCO3)cc1. The van der Waals surface area contributed by atoms with Crippen LogP contribution < -0.4 is 24.3 Å². The number of carbonyl (C=O) groups excluding carboxylic acids is 1. The minimum absolute atomic E-state index is 0.0160. The van der Waals surface area contributed by atoms with Crippen molar-refractivity contribution in [1.82, 2.24) is 0 Å². The van der Waals surface area contributed by atoms with E-state index >= 15 is 0 Å². The van der Waals surface area contributed by atoms with Gasteiger partial charge < -0.3 is 24.3 Å². The molecule has 1 aliphatic rings. The second-order valence-corrected chi connectivity index (χ2v) is 7.66. The van der Waals surface area contributed by atoms with Crippen molar-refractivity contribution < 1.29 is 23.7 Å². The Balaban J connectivity index is 1.28. The van der Waals surface area contributed by atoms with Gasteiger partial charge in [0.05, 0.1) is 13.2 Å². The van der Waals surface area contributed by atoms with Crippen LogP contribution in [0.15, 0.2) is 42.5 Å². The van der Waals surface area contributed by atoms with E-state index in [1.807, 2.05) is 36.4 Å². The Kier molecular flexibility index (Phi) is 8.37. The molecule has 6 nitrogen and oxygen atoms in total. The van der Waals surface area contributed by atoms with E-state index in [1.54, 1.807) is 17.8 Å². The van der Waals surface area contributed by atoms with Crippen LogP contribution in [0.5, 0.6) is 23.0 Å². The number of nitrogens with one attached hydrogen (secondary N) is 1. The molecule has 0 saturated heterocycles. The highest BCUT2D eigenvalue weighted by Crippen LogP contribution is 2.32. The molecule has 29 heavy (non-hydrogen) atoms. The number of ether oxygens (including phenoxy) is 4. The van der Waals surface area contributed by atoms with E-state index in [2.05, 4.69) is 12.2 Å². The van der Waals surface area contributed by atoms with Crippen LogP contribution >= 0.6 is 11.8 Å². The van der Waals surface area contributed by atoms with Crippen molar-refractivity contribution in [3.8, 4) is 23.0 Å². The summed E-state index contributed by atoms with van der Waals surface area (Å²) in [5, 5.41) is 2.90. The highest BCUT2D eigenvalue weighted by atomic mass is 32.2. The Bertz CT molecular complexity index is 781. The fraction of sp³-hybridized carbons (Fsp3) is 0.409. The molecule has 0 saturated carbocycles. The molecule has 1 heterocycles. The molecule has 7 heteroatoms. The highest BCUT2D eigenvalue weighted by Gasteiger charge is 2.12. The fourth-order valence-corrected chi connectivity index (χ4v) is 3.42. The molecule has 0 spiro atoms. The summed E-state index contributed by atoms with van der Waals surface area (Å²) >= 11 is 1.69. The van der Waals surface area contributed by atoms with Gasteiger partial charge in [-0.1, -0.05) is 6.92 Å². The minimum Gasteiger partial charge on any atom is -0.494 e. The molecule has 0 fully saturated rings. The van der Waals surface area contributed by atoms with Crippen LogP contribution in [-0.4, -0.2) is 43.8 Å². The average Bonchev–Trinajstić information content (AvgIpc) is 2.75. The molecular weight excluding hydrogens is 390 g/mol. The van der Waals surface area contributed by atoms with Crippen LogP contribution in [0.3, 0.4) is 0 Å². The van der Waals surface area contributed by atoms with Gasteiger partial charge in [0.25, 0.3) is 0 Å². The summed E-state index contributed by atoms with van der Waals surface area (Å²) in [5.41, 5.74) is 0.721. The van der Waals surface area contributed by atoms with E-state index in [9.17, 15) is 4.79 Å². The van der Waals surface area contributed by atoms with Gasteiger partial charge in [0, 0.05) is 29.7 Å². The second-order valence-electron chi connectivity index (χ2n) is 6.44. The van der Waals surface area contributed by atoms with Crippen molar-refractivity contribution in [2.75, 3.05) is 43.3 Å². The molecule has 0 aromatic heterocycles. The van der Waals surface area contributed by atoms with Crippen LogP contribution in [0.25, 0.3) is 0 Å². The number of anilines is 1. The Morgan fingerprint density at radius 3 is 2.38 bits per heavy atom. The molecule has 3 rings (SSSR count). The number of amides is 1. The first-order valence-corrected chi connectivity index (χ1v) is 11.0. The Labute approximate surface area is 175 Å². The normalized spacial score (nSPS) is 12.3. The zero-order valence-electron chi connectivity index (χ0n) is 16.6. The monoisotopic (exact) mass is 417 g/mol. The first-order valence-electron chi connectivity index (χ1n) is 9.87. The topological polar surface area (TPSA) is 66.0 Å². The predicted octanol–water partition coefficient (Wildman–Crippen LogP) is 4.39. The molecule has 2 aromatic rings. The van der Waals surface area contributed by atoms with Gasteiger partial charge in [0.1, 0.15) is 24.7 Å². The van der Waals surface area contributed by atoms with Crippen molar-refractivity contribution in [1.29, 1.82) is 0 Å². The molecule has 0 radical (unpaired) electrons. The lowest BCUT2D eigenvalue weighted by Gasteiger charge is -2.19. The largest absolute Gasteiger partial charge is 0.494 e. The second kappa shape index (κ2) is 11.5. The van der Waals surface area contributed by atoms with Gasteiger partial charge in [0.2, 0.25) is 5.91 Å². The lowest BCUT2D eigenvalue weighted by molar-refractivity contribution is -0.115. The van der Waals surface area contributed by atoms with E-state index in [-0.39, 0.29) is 5.91 Å². The number of thioether (sulfide) groups is 1. The van der Waals surface area contributed by atoms with E-state index in [1.165, 1.54) is 0 Å². The van der Waals surface area contributed by atoms with E-state index in [4.69, 9.17) is 18.9 Å². The zero-order valence-corrected chi connectivity index (χ0v) is 17.5. The molecule has 1 amide bonds. The van der Waals surface area contributed by atoms with Crippen LogP contribution in [0.2, 0.25) is 0 Å². The molecule has 0 atom stereocenters. The Hall–Kier alpha value is -2.54. The molecule has 1 aliphatic heterocycles. The molecule has 2 aromatic carbocycles. The average molecular weight is 418 g/mol. The summed E-state index contributed by atoms with van der Waals surface area (Å²) in [6.07, 6.45) is 1.44. The van der Waals surface area contributed by atoms with Crippen molar-refractivity contribution >= 4 is 23.4 Å².